The lowest BCUT2D eigenvalue weighted by atomic mass is 10.1. The molecular formula is C40H35BrN4O3S. The number of carbonyl (C=O) groups is 3. The average Bonchev–Trinajstić information content (AvgIpc) is 3.44. The van der Waals surface area contributed by atoms with E-state index in [2.05, 4.69) is 61.6 Å². The van der Waals surface area contributed by atoms with Crippen LogP contribution < -0.4 is 16.0 Å². The second kappa shape index (κ2) is 15.4. The molecule has 0 aliphatic heterocycles. The van der Waals surface area contributed by atoms with E-state index < -0.39 is 11.8 Å². The van der Waals surface area contributed by atoms with Crippen molar-refractivity contribution in [3.05, 3.63) is 143 Å². The number of benzene rings is 5. The van der Waals surface area contributed by atoms with Crippen LogP contribution in [0.1, 0.15) is 36.2 Å². The lowest BCUT2D eigenvalue weighted by molar-refractivity contribution is -0.116. The van der Waals surface area contributed by atoms with E-state index in [1.54, 1.807) is 36.4 Å². The molecule has 9 heteroatoms. The van der Waals surface area contributed by atoms with Crippen molar-refractivity contribution >= 4 is 84.7 Å². The van der Waals surface area contributed by atoms with Gasteiger partial charge in [-0.2, -0.15) is 0 Å². The standard InChI is InChI=1S/C40H35BrN4O3S/c1-3-37(40(48)43-30-21-22-36-33(25-30)32-15-8-9-16-35(32)45(36)4-2)49-31-14-10-13-29(24-31)42-39(47)34(23-26-17-19-28(41)20-18-26)44-38(46)27-11-6-5-7-12-27/h5-25,37H,3-4H2,1-2H3,(H,42,47)(H,43,48)(H,44,46)/b34-23-. The number of hydrogen-bond donors (Lipinski definition) is 3. The van der Waals surface area contributed by atoms with Crippen LogP contribution in [0.25, 0.3) is 27.9 Å². The highest BCUT2D eigenvalue weighted by atomic mass is 79.9. The molecule has 1 atom stereocenters. The summed E-state index contributed by atoms with van der Waals surface area (Å²) in [5.74, 6) is -0.960. The molecule has 0 aliphatic carbocycles. The second-order valence-electron chi connectivity index (χ2n) is 11.4. The molecule has 6 rings (SSSR count). The lowest BCUT2D eigenvalue weighted by Gasteiger charge is -2.16. The zero-order valence-corrected chi connectivity index (χ0v) is 29.5. The van der Waals surface area contributed by atoms with Crippen molar-refractivity contribution in [2.45, 2.75) is 37.0 Å². The van der Waals surface area contributed by atoms with Gasteiger partial charge in [-0.05, 0) is 91.7 Å². The van der Waals surface area contributed by atoms with Crippen LogP contribution in [0.4, 0.5) is 11.4 Å². The minimum Gasteiger partial charge on any atom is -0.341 e. The van der Waals surface area contributed by atoms with Gasteiger partial charge in [0.05, 0.1) is 5.25 Å². The number of carbonyl (C=O) groups excluding carboxylic acids is 3. The Kier molecular flexibility index (Phi) is 10.6. The summed E-state index contributed by atoms with van der Waals surface area (Å²) in [6.45, 7) is 4.97. The minimum atomic E-state index is -0.473. The van der Waals surface area contributed by atoms with E-state index in [1.807, 2.05) is 79.7 Å². The number of amides is 3. The van der Waals surface area contributed by atoms with Crippen LogP contribution in [0, 0.1) is 0 Å². The molecular weight excluding hydrogens is 696 g/mol. The van der Waals surface area contributed by atoms with E-state index in [4.69, 9.17) is 0 Å². The Morgan fingerprint density at radius 2 is 1.47 bits per heavy atom. The number of aromatic nitrogens is 1. The second-order valence-corrected chi connectivity index (χ2v) is 13.6. The van der Waals surface area contributed by atoms with Gasteiger partial charge >= 0.3 is 0 Å². The number of nitrogens with one attached hydrogen (secondary N) is 3. The van der Waals surface area contributed by atoms with Crippen molar-refractivity contribution in [2.24, 2.45) is 0 Å². The summed E-state index contributed by atoms with van der Waals surface area (Å²) in [6.07, 6.45) is 2.24. The highest BCUT2D eigenvalue weighted by Gasteiger charge is 2.20. The van der Waals surface area contributed by atoms with Crippen molar-refractivity contribution in [3.8, 4) is 0 Å². The fourth-order valence-corrected chi connectivity index (χ4v) is 6.97. The maximum atomic E-state index is 13.6. The maximum absolute atomic E-state index is 13.6. The van der Waals surface area contributed by atoms with Crippen molar-refractivity contribution in [1.29, 1.82) is 0 Å². The number of hydrogen-bond acceptors (Lipinski definition) is 4. The van der Waals surface area contributed by atoms with E-state index in [0.717, 1.165) is 43.5 Å². The van der Waals surface area contributed by atoms with Gasteiger partial charge in [-0.3, -0.25) is 14.4 Å². The molecule has 3 N–H and O–H groups in total. The molecule has 6 aromatic rings. The SMILES string of the molecule is CCC(Sc1cccc(NC(=O)/C(=C/c2ccc(Br)cc2)NC(=O)c2ccccc2)c1)C(=O)Nc1ccc2c(c1)c1ccccc1n2CC. The summed E-state index contributed by atoms with van der Waals surface area (Å²) >= 11 is 4.87. The molecule has 0 bridgehead atoms. The molecule has 7 nitrogen and oxygen atoms in total. The first kappa shape index (κ1) is 33.8. The first-order chi connectivity index (χ1) is 23.8. The van der Waals surface area contributed by atoms with Gasteiger partial charge < -0.3 is 20.5 Å². The van der Waals surface area contributed by atoms with E-state index in [-0.39, 0.29) is 16.9 Å². The Morgan fingerprint density at radius 1 is 0.755 bits per heavy atom. The molecule has 0 aliphatic rings. The molecule has 0 spiro atoms. The number of halogens is 1. The Labute approximate surface area is 297 Å². The fourth-order valence-electron chi connectivity index (χ4n) is 5.70. The number of thioether (sulfide) groups is 1. The summed E-state index contributed by atoms with van der Waals surface area (Å²) in [5, 5.41) is 10.7. The van der Waals surface area contributed by atoms with Crippen LogP contribution in [0.2, 0.25) is 0 Å². The summed E-state index contributed by atoms with van der Waals surface area (Å²) in [7, 11) is 0. The molecule has 0 saturated carbocycles. The van der Waals surface area contributed by atoms with E-state index in [9.17, 15) is 14.4 Å². The third-order valence-electron chi connectivity index (χ3n) is 8.10. The Morgan fingerprint density at radius 3 is 2.22 bits per heavy atom. The van der Waals surface area contributed by atoms with Gasteiger partial charge in [0.1, 0.15) is 5.70 Å². The topological polar surface area (TPSA) is 92.2 Å². The van der Waals surface area contributed by atoms with Gasteiger partial charge in [-0.25, -0.2) is 0 Å². The van der Waals surface area contributed by atoms with Crippen LogP contribution in [0.3, 0.4) is 0 Å². The van der Waals surface area contributed by atoms with Crippen LogP contribution in [0.5, 0.6) is 0 Å². The minimum absolute atomic E-state index is 0.0936. The maximum Gasteiger partial charge on any atom is 0.272 e. The lowest BCUT2D eigenvalue weighted by Crippen LogP contribution is -2.30. The Balaban J connectivity index is 1.17. The molecule has 0 saturated heterocycles. The van der Waals surface area contributed by atoms with Gasteiger partial charge in [0.2, 0.25) is 5.91 Å². The molecule has 3 amide bonds. The molecule has 1 aromatic heterocycles. The van der Waals surface area contributed by atoms with E-state index in [0.29, 0.717) is 17.7 Å². The number of anilines is 2. The largest absolute Gasteiger partial charge is 0.341 e. The predicted octanol–water partition coefficient (Wildman–Crippen LogP) is 9.50. The number of rotatable bonds is 11. The first-order valence-corrected chi connectivity index (χ1v) is 17.7. The van der Waals surface area contributed by atoms with Gasteiger partial charge in [-0.1, -0.05) is 77.5 Å². The molecule has 0 radical (unpaired) electrons. The predicted molar refractivity (Wildman–Crippen MR) is 205 cm³/mol. The number of aryl methyl sites for hydroxylation is 1. The number of nitrogens with zero attached hydrogens (tertiary/aromatic N) is 1. The fraction of sp³-hybridized carbons (Fsp3) is 0.125. The van der Waals surface area contributed by atoms with E-state index in [1.165, 1.54) is 17.3 Å². The molecule has 1 unspecified atom stereocenters. The van der Waals surface area contributed by atoms with Crippen LogP contribution in [-0.2, 0) is 16.1 Å². The zero-order valence-electron chi connectivity index (χ0n) is 27.1. The highest BCUT2D eigenvalue weighted by Crippen LogP contribution is 2.32. The van der Waals surface area contributed by atoms with Crippen molar-refractivity contribution in [1.82, 2.24) is 9.88 Å². The monoisotopic (exact) mass is 730 g/mol. The Bertz CT molecular complexity index is 2180. The average molecular weight is 732 g/mol. The molecule has 0 fully saturated rings. The third kappa shape index (κ3) is 7.96. The zero-order chi connectivity index (χ0) is 34.3. The van der Waals surface area contributed by atoms with Crippen LogP contribution in [0.15, 0.2) is 136 Å². The molecule has 246 valence electrons. The summed E-state index contributed by atoms with van der Waals surface area (Å²) in [4.78, 5) is 40.9. The van der Waals surface area contributed by atoms with Gasteiger partial charge in [0.25, 0.3) is 11.8 Å². The normalized spacial score (nSPS) is 12.1. The van der Waals surface area contributed by atoms with Crippen molar-refractivity contribution < 1.29 is 14.4 Å². The van der Waals surface area contributed by atoms with Crippen molar-refractivity contribution in [3.63, 3.8) is 0 Å². The molecule has 5 aromatic carbocycles. The Hall–Kier alpha value is -5.12. The number of fused-ring (bicyclic) bond motifs is 3. The third-order valence-corrected chi connectivity index (χ3v) is 9.99. The summed E-state index contributed by atoms with van der Waals surface area (Å²) < 4.78 is 3.18. The van der Waals surface area contributed by atoms with Gasteiger partial charge in [0.15, 0.2) is 0 Å². The summed E-state index contributed by atoms with van der Waals surface area (Å²) in [6, 6.07) is 37.9. The van der Waals surface area contributed by atoms with E-state index >= 15 is 0 Å². The first-order valence-electron chi connectivity index (χ1n) is 16.1. The van der Waals surface area contributed by atoms with Gasteiger partial charge in [-0.15, -0.1) is 11.8 Å². The highest BCUT2D eigenvalue weighted by molar-refractivity contribution is 9.10. The quantitative estimate of drug-likeness (QED) is 0.0915. The van der Waals surface area contributed by atoms with Crippen LogP contribution in [-0.4, -0.2) is 27.5 Å². The molecule has 1 heterocycles. The number of para-hydroxylation sites is 1. The summed E-state index contributed by atoms with van der Waals surface area (Å²) in [5.41, 5.74) is 4.88. The van der Waals surface area contributed by atoms with Crippen LogP contribution >= 0.6 is 27.7 Å². The van der Waals surface area contributed by atoms with Gasteiger partial charge in [0, 0.05) is 54.7 Å². The van der Waals surface area contributed by atoms with Crippen molar-refractivity contribution in [2.75, 3.05) is 10.6 Å². The molecule has 49 heavy (non-hydrogen) atoms. The smallest absolute Gasteiger partial charge is 0.272 e.